The first-order valence-electron chi connectivity index (χ1n) is 5.08. The molecule has 0 saturated heterocycles. The van der Waals surface area contributed by atoms with Gasteiger partial charge in [-0.2, -0.15) is 0 Å². The minimum absolute atomic E-state index is 0.408. The molecule has 14 heavy (non-hydrogen) atoms. The van der Waals surface area contributed by atoms with E-state index in [9.17, 15) is 0 Å². The first kappa shape index (κ1) is 11.7. The molecule has 1 aromatic rings. The molecule has 0 saturated carbocycles. The third-order valence-corrected chi connectivity index (χ3v) is 2.94. The minimum Gasteiger partial charge on any atom is -0.312 e. The number of nitrogens with zero attached hydrogens (tertiary/aromatic N) is 1. The predicted molar refractivity (Wildman–Crippen MR) is 62.6 cm³/mol. The average Bonchev–Trinajstić information content (AvgIpc) is 2.56. The Labute approximate surface area is 90.8 Å². The van der Waals surface area contributed by atoms with E-state index < -0.39 is 0 Å². The highest BCUT2D eigenvalue weighted by atomic mass is 32.1. The molecule has 2 nitrogen and oxygen atoms in total. The van der Waals surface area contributed by atoms with Crippen LogP contribution in [0.15, 0.2) is 10.9 Å². The maximum Gasteiger partial charge on any atom is 0.0795 e. The van der Waals surface area contributed by atoms with Crippen molar-refractivity contribution in [2.45, 2.75) is 39.7 Å². The molecule has 0 amide bonds. The smallest absolute Gasteiger partial charge is 0.0795 e. The van der Waals surface area contributed by atoms with Crippen molar-refractivity contribution >= 4 is 11.3 Å². The van der Waals surface area contributed by atoms with Crippen molar-refractivity contribution in [3.05, 3.63) is 16.6 Å². The minimum atomic E-state index is 0.408. The Hall–Kier alpha value is -0.410. The molecular weight excluding hydrogens is 192 g/mol. The van der Waals surface area contributed by atoms with Crippen molar-refractivity contribution in [2.24, 2.45) is 5.41 Å². The van der Waals surface area contributed by atoms with Gasteiger partial charge in [0.2, 0.25) is 0 Å². The van der Waals surface area contributed by atoms with Crippen LogP contribution < -0.4 is 5.32 Å². The number of rotatable bonds is 4. The summed E-state index contributed by atoms with van der Waals surface area (Å²) < 4.78 is 0. The Morgan fingerprint density at radius 3 is 2.64 bits per heavy atom. The molecule has 0 aromatic carbocycles. The summed E-state index contributed by atoms with van der Waals surface area (Å²) in [6.45, 7) is 6.84. The molecule has 1 N–H and O–H groups in total. The molecular formula is C11H20N2S. The normalized spacial score (nSPS) is 14.3. The van der Waals surface area contributed by atoms with Crippen molar-refractivity contribution < 1.29 is 0 Å². The summed E-state index contributed by atoms with van der Waals surface area (Å²) in [5.74, 6) is 0. The average molecular weight is 212 g/mol. The van der Waals surface area contributed by atoms with Crippen LogP contribution in [0.2, 0.25) is 0 Å². The van der Waals surface area contributed by atoms with E-state index >= 15 is 0 Å². The highest BCUT2D eigenvalue weighted by molar-refractivity contribution is 7.07. The quantitative estimate of drug-likeness (QED) is 0.829. The number of hydrogen-bond donors (Lipinski definition) is 1. The van der Waals surface area contributed by atoms with Crippen LogP contribution in [0.3, 0.4) is 0 Å². The lowest BCUT2D eigenvalue weighted by molar-refractivity contribution is 0.336. The zero-order valence-electron chi connectivity index (χ0n) is 9.50. The third-order valence-electron chi connectivity index (χ3n) is 2.34. The van der Waals surface area contributed by atoms with Crippen LogP contribution in [-0.4, -0.2) is 12.0 Å². The van der Waals surface area contributed by atoms with Gasteiger partial charge in [-0.3, -0.25) is 0 Å². The van der Waals surface area contributed by atoms with E-state index in [1.54, 1.807) is 11.3 Å². The predicted octanol–water partition coefficient (Wildman–Crippen LogP) is 3.23. The van der Waals surface area contributed by atoms with Gasteiger partial charge in [-0.25, -0.2) is 4.98 Å². The highest BCUT2D eigenvalue weighted by Crippen LogP contribution is 2.26. The van der Waals surface area contributed by atoms with E-state index in [-0.39, 0.29) is 0 Å². The van der Waals surface area contributed by atoms with Gasteiger partial charge in [0.25, 0.3) is 0 Å². The summed E-state index contributed by atoms with van der Waals surface area (Å²) in [6, 6.07) is 0.417. The van der Waals surface area contributed by atoms with Crippen LogP contribution in [0.5, 0.6) is 0 Å². The van der Waals surface area contributed by atoms with Crippen LogP contribution in [-0.2, 0) is 0 Å². The summed E-state index contributed by atoms with van der Waals surface area (Å²) in [5.41, 5.74) is 3.49. The molecule has 0 aliphatic rings. The second kappa shape index (κ2) is 4.89. The largest absolute Gasteiger partial charge is 0.312 e. The number of thiazole rings is 1. The van der Waals surface area contributed by atoms with Crippen LogP contribution in [0.25, 0.3) is 0 Å². The molecule has 1 unspecified atom stereocenters. The lowest BCUT2D eigenvalue weighted by Gasteiger charge is -2.21. The van der Waals surface area contributed by atoms with Gasteiger partial charge in [0, 0.05) is 5.38 Å². The lowest BCUT2D eigenvalue weighted by atomic mass is 9.88. The van der Waals surface area contributed by atoms with Crippen molar-refractivity contribution in [1.29, 1.82) is 0 Å². The summed E-state index contributed by atoms with van der Waals surface area (Å²) >= 11 is 1.67. The van der Waals surface area contributed by atoms with Gasteiger partial charge in [-0.1, -0.05) is 20.8 Å². The van der Waals surface area contributed by atoms with Gasteiger partial charge < -0.3 is 5.32 Å². The van der Waals surface area contributed by atoms with Gasteiger partial charge in [-0.05, 0) is 25.3 Å². The van der Waals surface area contributed by atoms with E-state index in [0.29, 0.717) is 11.5 Å². The Morgan fingerprint density at radius 2 is 2.21 bits per heavy atom. The fraction of sp³-hybridized carbons (Fsp3) is 0.727. The first-order valence-corrected chi connectivity index (χ1v) is 6.02. The van der Waals surface area contributed by atoms with E-state index in [2.05, 4.69) is 36.5 Å². The summed E-state index contributed by atoms with van der Waals surface area (Å²) in [4.78, 5) is 4.34. The number of nitrogens with one attached hydrogen (secondary N) is 1. The lowest BCUT2D eigenvalue weighted by Crippen LogP contribution is -2.19. The van der Waals surface area contributed by atoms with Gasteiger partial charge in [0.15, 0.2) is 0 Å². The SMILES string of the molecule is CNC(CCC(C)(C)C)c1cscn1. The van der Waals surface area contributed by atoms with E-state index in [1.165, 1.54) is 12.1 Å². The van der Waals surface area contributed by atoms with E-state index in [0.717, 1.165) is 6.42 Å². The van der Waals surface area contributed by atoms with Crippen LogP contribution in [0, 0.1) is 5.41 Å². The second-order valence-corrected chi connectivity index (χ2v) is 5.57. The van der Waals surface area contributed by atoms with Crippen molar-refractivity contribution in [2.75, 3.05) is 7.05 Å². The topological polar surface area (TPSA) is 24.9 Å². The molecule has 0 aliphatic heterocycles. The molecule has 0 spiro atoms. The molecule has 0 fully saturated rings. The van der Waals surface area contributed by atoms with Gasteiger partial charge in [0.1, 0.15) is 0 Å². The number of hydrogen-bond acceptors (Lipinski definition) is 3. The maximum absolute atomic E-state index is 4.34. The summed E-state index contributed by atoms with van der Waals surface area (Å²) in [7, 11) is 2.01. The van der Waals surface area contributed by atoms with Crippen molar-refractivity contribution in [3.63, 3.8) is 0 Å². The van der Waals surface area contributed by atoms with Gasteiger partial charge >= 0.3 is 0 Å². The Kier molecular flexibility index (Phi) is 4.08. The molecule has 0 bridgehead atoms. The molecule has 0 radical (unpaired) electrons. The Balaban J connectivity index is 2.49. The van der Waals surface area contributed by atoms with Crippen LogP contribution in [0.1, 0.15) is 45.3 Å². The molecule has 0 aliphatic carbocycles. The van der Waals surface area contributed by atoms with Crippen LogP contribution in [0.4, 0.5) is 0 Å². The first-order chi connectivity index (χ1) is 6.53. The molecule has 80 valence electrons. The van der Waals surface area contributed by atoms with Gasteiger partial charge in [0.05, 0.1) is 17.2 Å². The summed E-state index contributed by atoms with van der Waals surface area (Å²) in [5, 5.41) is 5.45. The molecule has 1 aromatic heterocycles. The fourth-order valence-electron chi connectivity index (χ4n) is 1.41. The summed E-state index contributed by atoms with van der Waals surface area (Å²) in [6.07, 6.45) is 2.37. The Bertz CT molecular complexity index is 249. The molecule has 3 heteroatoms. The standard InChI is InChI=1S/C11H20N2S/c1-11(2,3)6-5-9(12-4)10-7-14-8-13-10/h7-9,12H,5-6H2,1-4H3. The number of aromatic nitrogens is 1. The van der Waals surface area contributed by atoms with E-state index in [4.69, 9.17) is 0 Å². The molecule has 1 rings (SSSR count). The second-order valence-electron chi connectivity index (χ2n) is 4.85. The zero-order valence-corrected chi connectivity index (χ0v) is 10.3. The fourth-order valence-corrected chi connectivity index (χ4v) is 2.02. The molecule has 1 atom stereocenters. The van der Waals surface area contributed by atoms with Crippen molar-refractivity contribution in [1.82, 2.24) is 10.3 Å². The Morgan fingerprint density at radius 1 is 1.50 bits per heavy atom. The van der Waals surface area contributed by atoms with Gasteiger partial charge in [-0.15, -0.1) is 11.3 Å². The van der Waals surface area contributed by atoms with Crippen LogP contribution >= 0.6 is 11.3 Å². The third kappa shape index (κ3) is 3.76. The molecule has 1 heterocycles. The monoisotopic (exact) mass is 212 g/mol. The zero-order chi connectivity index (χ0) is 10.6. The highest BCUT2D eigenvalue weighted by Gasteiger charge is 2.16. The maximum atomic E-state index is 4.34. The van der Waals surface area contributed by atoms with Crippen molar-refractivity contribution in [3.8, 4) is 0 Å². The van der Waals surface area contributed by atoms with E-state index in [1.807, 2.05) is 12.6 Å².